The molecule has 0 saturated carbocycles. The standard InChI is InChI=1S/C13H19N3O2S/c1-11(2)16(9-5-8-14)19(17,18)10-12-6-3-4-7-13(12)15/h3-4,6-7,11H,5,9-10,15H2,1-2H3. The molecule has 19 heavy (non-hydrogen) atoms. The van der Waals surface area contributed by atoms with Crippen molar-refractivity contribution in [3.8, 4) is 6.07 Å². The van der Waals surface area contributed by atoms with Crippen LogP contribution in [0.1, 0.15) is 25.8 Å². The second-order valence-corrected chi connectivity index (χ2v) is 6.49. The van der Waals surface area contributed by atoms with E-state index in [0.29, 0.717) is 11.3 Å². The van der Waals surface area contributed by atoms with Crippen molar-refractivity contribution in [2.75, 3.05) is 12.3 Å². The van der Waals surface area contributed by atoms with Gasteiger partial charge in [-0.1, -0.05) is 18.2 Å². The highest BCUT2D eigenvalue weighted by Gasteiger charge is 2.25. The lowest BCUT2D eigenvalue weighted by Gasteiger charge is -2.25. The molecule has 0 heterocycles. The Morgan fingerprint density at radius 1 is 1.37 bits per heavy atom. The van der Waals surface area contributed by atoms with Gasteiger partial charge in [0.2, 0.25) is 10.0 Å². The third-order valence-electron chi connectivity index (χ3n) is 2.77. The molecule has 104 valence electrons. The molecule has 1 aromatic rings. The van der Waals surface area contributed by atoms with Gasteiger partial charge in [-0.05, 0) is 25.5 Å². The molecule has 0 fully saturated rings. The summed E-state index contributed by atoms with van der Waals surface area (Å²) in [5, 5.41) is 8.61. The molecule has 0 aliphatic carbocycles. The van der Waals surface area contributed by atoms with Crippen molar-refractivity contribution in [1.29, 1.82) is 5.26 Å². The van der Waals surface area contributed by atoms with Crippen molar-refractivity contribution in [2.45, 2.75) is 32.1 Å². The lowest BCUT2D eigenvalue weighted by Crippen LogP contribution is -2.38. The molecule has 0 spiro atoms. The Morgan fingerprint density at radius 2 is 2.00 bits per heavy atom. The van der Waals surface area contributed by atoms with Crippen molar-refractivity contribution in [3.63, 3.8) is 0 Å². The topological polar surface area (TPSA) is 87.2 Å². The first-order valence-electron chi connectivity index (χ1n) is 6.08. The molecule has 0 saturated heterocycles. The summed E-state index contributed by atoms with van der Waals surface area (Å²) in [4.78, 5) is 0. The van der Waals surface area contributed by atoms with Crippen LogP contribution in [0.25, 0.3) is 0 Å². The van der Waals surface area contributed by atoms with Gasteiger partial charge in [-0.2, -0.15) is 9.57 Å². The summed E-state index contributed by atoms with van der Waals surface area (Å²) >= 11 is 0. The first-order chi connectivity index (χ1) is 8.88. The highest BCUT2D eigenvalue weighted by Crippen LogP contribution is 2.18. The Morgan fingerprint density at radius 3 is 2.53 bits per heavy atom. The lowest BCUT2D eigenvalue weighted by atomic mass is 10.2. The molecule has 0 unspecified atom stereocenters. The Labute approximate surface area is 114 Å². The minimum absolute atomic E-state index is 0.136. The number of nitrogen functional groups attached to an aromatic ring is 1. The van der Waals surface area contributed by atoms with Crippen LogP contribution in [0.5, 0.6) is 0 Å². The van der Waals surface area contributed by atoms with Crippen LogP contribution < -0.4 is 5.73 Å². The van der Waals surface area contributed by atoms with Gasteiger partial charge in [0.1, 0.15) is 0 Å². The highest BCUT2D eigenvalue weighted by atomic mass is 32.2. The third kappa shape index (κ3) is 4.23. The number of hydrogen-bond donors (Lipinski definition) is 1. The van der Waals surface area contributed by atoms with Gasteiger partial charge in [-0.3, -0.25) is 0 Å². The maximum atomic E-state index is 12.4. The number of para-hydroxylation sites is 1. The van der Waals surface area contributed by atoms with Crippen LogP contribution in [0.4, 0.5) is 5.69 Å². The summed E-state index contributed by atoms with van der Waals surface area (Å²) in [7, 11) is -3.47. The van der Waals surface area contributed by atoms with Crippen LogP contribution in [-0.4, -0.2) is 25.3 Å². The van der Waals surface area contributed by atoms with E-state index in [4.69, 9.17) is 11.0 Å². The van der Waals surface area contributed by atoms with E-state index in [2.05, 4.69) is 0 Å². The molecule has 0 bridgehead atoms. The van der Waals surface area contributed by atoms with Crippen LogP contribution in [0, 0.1) is 11.3 Å². The number of rotatable bonds is 6. The van der Waals surface area contributed by atoms with E-state index in [0.717, 1.165) is 0 Å². The zero-order chi connectivity index (χ0) is 14.5. The summed E-state index contributed by atoms with van der Waals surface area (Å²) in [6.07, 6.45) is 0.182. The molecule has 6 heteroatoms. The molecule has 5 nitrogen and oxygen atoms in total. The number of nitriles is 1. The average Bonchev–Trinajstić information content (AvgIpc) is 2.31. The molecule has 0 amide bonds. The molecular formula is C13H19N3O2S. The van der Waals surface area contributed by atoms with E-state index in [1.54, 1.807) is 38.1 Å². The van der Waals surface area contributed by atoms with E-state index in [-0.39, 0.29) is 24.8 Å². The van der Waals surface area contributed by atoms with Gasteiger partial charge >= 0.3 is 0 Å². The molecule has 0 atom stereocenters. The Kier molecular flexibility index (Phi) is 5.33. The highest BCUT2D eigenvalue weighted by molar-refractivity contribution is 7.88. The minimum Gasteiger partial charge on any atom is -0.398 e. The largest absolute Gasteiger partial charge is 0.398 e. The van der Waals surface area contributed by atoms with Crippen molar-refractivity contribution in [2.24, 2.45) is 0 Å². The van der Waals surface area contributed by atoms with Gasteiger partial charge in [-0.15, -0.1) is 0 Å². The van der Waals surface area contributed by atoms with Gasteiger partial charge in [0, 0.05) is 24.7 Å². The Bertz CT molecular complexity index is 561. The fourth-order valence-electron chi connectivity index (χ4n) is 1.82. The zero-order valence-corrected chi connectivity index (χ0v) is 12.0. The van der Waals surface area contributed by atoms with Crippen molar-refractivity contribution >= 4 is 15.7 Å². The summed E-state index contributed by atoms with van der Waals surface area (Å²) < 4.78 is 26.1. The van der Waals surface area contributed by atoms with Crippen molar-refractivity contribution in [3.05, 3.63) is 29.8 Å². The van der Waals surface area contributed by atoms with E-state index >= 15 is 0 Å². The van der Waals surface area contributed by atoms with Gasteiger partial charge in [0.05, 0.1) is 11.8 Å². The number of sulfonamides is 1. The zero-order valence-electron chi connectivity index (χ0n) is 11.2. The van der Waals surface area contributed by atoms with E-state index in [1.165, 1.54) is 4.31 Å². The fourth-order valence-corrected chi connectivity index (χ4v) is 3.66. The minimum atomic E-state index is -3.47. The van der Waals surface area contributed by atoms with Crippen molar-refractivity contribution in [1.82, 2.24) is 4.31 Å². The summed E-state index contributed by atoms with van der Waals surface area (Å²) in [6, 6.07) is 8.70. The maximum absolute atomic E-state index is 12.4. The van der Waals surface area contributed by atoms with Crippen LogP contribution in [-0.2, 0) is 15.8 Å². The number of nitrogens with two attached hydrogens (primary N) is 1. The molecule has 1 rings (SSSR count). The average molecular weight is 281 g/mol. The number of anilines is 1. The number of benzene rings is 1. The van der Waals surface area contributed by atoms with Crippen molar-refractivity contribution < 1.29 is 8.42 Å². The lowest BCUT2D eigenvalue weighted by molar-refractivity contribution is 0.360. The normalized spacial score (nSPS) is 11.7. The van der Waals surface area contributed by atoms with E-state index in [9.17, 15) is 8.42 Å². The van der Waals surface area contributed by atoms with Crippen LogP contribution in [0.15, 0.2) is 24.3 Å². The SMILES string of the molecule is CC(C)N(CCC#N)S(=O)(=O)Cc1ccccc1N. The smallest absolute Gasteiger partial charge is 0.218 e. The maximum Gasteiger partial charge on any atom is 0.218 e. The fraction of sp³-hybridized carbons (Fsp3) is 0.462. The predicted molar refractivity (Wildman–Crippen MR) is 75.6 cm³/mol. The van der Waals surface area contributed by atoms with Gasteiger partial charge in [0.15, 0.2) is 0 Å². The first kappa shape index (κ1) is 15.5. The monoisotopic (exact) mass is 281 g/mol. The molecular weight excluding hydrogens is 262 g/mol. The Balaban J connectivity index is 2.96. The van der Waals surface area contributed by atoms with Crippen LogP contribution in [0.2, 0.25) is 0 Å². The van der Waals surface area contributed by atoms with Crippen LogP contribution >= 0.6 is 0 Å². The van der Waals surface area contributed by atoms with Gasteiger partial charge < -0.3 is 5.73 Å². The predicted octanol–water partition coefficient (Wildman–Crippen LogP) is 1.72. The molecule has 0 aliphatic rings. The van der Waals surface area contributed by atoms with E-state index < -0.39 is 10.0 Å². The second-order valence-electron chi connectivity index (χ2n) is 4.57. The summed E-state index contributed by atoms with van der Waals surface area (Å²) in [5.74, 6) is -0.136. The molecule has 0 aliphatic heterocycles. The molecule has 0 aromatic heterocycles. The van der Waals surface area contributed by atoms with Crippen LogP contribution in [0.3, 0.4) is 0 Å². The number of hydrogen-bond acceptors (Lipinski definition) is 4. The third-order valence-corrected chi connectivity index (χ3v) is 4.76. The summed E-state index contributed by atoms with van der Waals surface area (Å²) in [5.41, 5.74) is 6.82. The van der Waals surface area contributed by atoms with Gasteiger partial charge in [-0.25, -0.2) is 8.42 Å². The molecule has 1 aromatic carbocycles. The molecule has 2 N–H and O–H groups in total. The van der Waals surface area contributed by atoms with Gasteiger partial charge in [0.25, 0.3) is 0 Å². The summed E-state index contributed by atoms with van der Waals surface area (Å²) in [6.45, 7) is 3.80. The van der Waals surface area contributed by atoms with E-state index in [1.807, 2.05) is 6.07 Å². The quantitative estimate of drug-likeness (QED) is 0.804. The Hall–Kier alpha value is -1.58. The second kappa shape index (κ2) is 6.55. The molecule has 0 radical (unpaired) electrons. The number of nitrogens with zero attached hydrogens (tertiary/aromatic N) is 2. The first-order valence-corrected chi connectivity index (χ1v) is 7.69.